The minimum Gasteiger partial charge on any atom is -0.354 e. The van der Waals surface area contributed by atoms with Crippen molar-refractivity contribution < 1.29 is 18.0 Å². The first-order valence-electron chi connectivity index (χ1n) is 13.9. The van der Waals surface area contributed by atoms with Crippen LogP contribution in [-0.2, 0) is 32.6 Å². The standard InChI is InChI=1S/C33H33Br2N3O4S/c1-2-21-36-33(40)31(22-25-9-5-3-6-10-25)37(23-26-13-15-27(34)16-14-26)32(39)24-38(29-19-17-28(35)18-20-29)43(41,42)30-11-7-4-8-12-30/h3-20,31H,2,21-24H2,1H3,(H,36,40)/t31-/m1/s1. The fourth-order valence-corrected chi connectivity index (χ4v) is 6.53. The van der Waals surface area contributed by atoms with Crippen LogP contribution in [0.25, 0.3) is 0 Å². The molecule has 0 spiro atoms. The van der Waals surface area contributed by atoms with Gasteiger partial charge in [0.15, 0.2) is 0 Å². The highest BCUT2D eigenvalue weighted by Gasteiger charge is 2.34. The van der Waals surface area contributed by atoms with Gasteiger partial charge in [-0.2, -0.15) is 0 Å². The Morgan fingerprint density at radius 2 is 1.33 bits per heavy atom. The van der Waals surface area contributed by atoms with E-state index in [0.29, 0.717) is 12.2 Å². The molecule has 0 saturated carbocycles. The lowest BCUT2D eigenvalue weighted by molar-refractivity contribution is -0.140. The predicted octanol–water partition coefficient (Wildman–Crippen LogP) is 6.57. The van der Waals surface area contributed by atoms with E-state index in [1.165, 1.54) is 17.0 Å². The highest BCUT2D eigenvalue weighted by atomic mass is 79.9. The van der Waals surface area contributed by atoms with Gasteiger partial charge in [0.1, 0.15) is 12.6 Å². The van der Waals surface area contributed by atoms with E-state index in [2.05, 4.69) is 37.2 Å². The molecule has 43 heavy (non-hydrogen) atoms. The van der Waals surface area contributed by atoms with Crippen molar-refractivity contribution in [3.63, 3.8) is 0 Å². The molecule has 4 aromatic carbocycles. The van der Waals surface area contributed by atoms with E-state index in [4.69, 9.17) is 0 Å². The quantitative estimate of drug-likeness (QED) is 0.169. The van der Waals surface area contributed by atoms with Gasteiger partial charge in [-0.25, -0.2) is 8.42 Å². The number of benzene rings is 4. The molecule has 0 bridgehead atoms. The molecule has 224 valence electrons. The van der Waals surface area contributed by atoms with Gasteiger partial charge in [0.05, 0.1) is 10.6 Å². The Morgan fingerprint density at radius 3 is 1.91 bits per heavy atom. The number of hydrogen-bond donors (Lipinski definition) is 1. The third kappa shape index (κ3) is 8.78. The summed E-state index contributed by atoms with van der Waals surface area (Å²) < 4.78 is 30.7. The van der Waals surface area contributed by atoms with Gasteiger partial charge in [-0.05, 0) is 66.1 Å². The zero-order chi connectivity index (χ0) is 30.8. The second-order valence-electron chi connectivity index (χ2n) is 9.95. The molecule has 7 nitrogen and oxygen atoms in total. The number of nitrogens with zero attached hydrogens (tertiary/aromatic N) is 2. The highest BCUT2D eigenvalue weighted by Crippen LogP contribution is 2.26. The molecule has 0 aliphatic rings. The molecule has 0 saturated heterocycles. The molecule has 1 N–H and O–H groups in total. The molecule has 0 heterocycles. The fraction of sp³-hybridized carbons (Fsp3) is 0.212. The SMILES string of the molecule is CCCNC(=O)[C@@H](Cc1ccccc1)N(Cc1ccc(Br)cc1)C(=O)CN(c1ccc(Br)cc1)S(=O)(=O)c1ccccc1. The topological polar surface area (TPSA) is 86.8 Å². The number of carbonyl (C=O) groups excluding carboxylic acids is 2. The Bertz CT molecular complexity index is 1600. The summed E-state index contributed by atoms with van der Waals surface area (Å²) >= 11 is 6.85. The van der Waals surface area contributed by atoms with E-state index in [-0.39, 0.29) is 23.8 Å². The summed E-state index contributed by atoms with van der Waals surface area (Å²) in [6.45, 7) is 2.03. The summed E-state index contributed by atoms with van der Waals surface area (Å²) in [5.41, 5.74) is 2.02. The van der Waals surface area contributed by atoms with Gasteiger partial charge in [0.2, 0.25) is 11.8 Å². The van der Waals surface area contributed by atoms with Gasteiger partial charge in [-0.3, -0.25) is 13.9 Å². The van der Waals surface area contributed by atoms with Crippen LogP contribution in [0, 0.1) is 0 Å². The van der Waals surface area contributed by atoms with Crippen molar-refractivity contribution in [3.05, 3.63) is 129 Å². The van der Waals surface area contributed by atoms with Crippen LogP contribution in [0.1, 0.15) is 24.5 Å². The summed E-state index contributed by atoms with van der Waals surface area (Å²) in [7, 11) is -4.13. The number of sulfonamides is 1. The smallest absolute Gasteiger partial charge is 0.264 e. The molecule has 0 aromatic heterocycles. The van der Waals surface area contributed by atoms with Gasteiger partial charge < -0.3 is 10.2 Å². The van der Waals surface area contributed by atoms with Crippen LogP contribution in [0.5, 0.6) is 0 Å². The van der Waals surface area contributed by atoms with Gasteiger partial charge in [-0.1, -0.05) is 99.4 Å². The molecule has 10 heteroatoms. The van der Waals surface area contributed by atoms with Crippen LogP contribution in [-0.4, -0.2) is 44.3 Å². The minimum absolute atomic E-state index is 0.0618. The lowest BCUT2D eigenvalue weighted by Crippen LogP contribution is -2.53. The first-order chi connectivity index (χ1) is 20.7. The summed E-state index contributed by atoms with van der Waals surface area (Å²) in [4.78, 5) is 29.6. The Balaban J connectivity index is 1.78. The van der Waals surface area contributed by atoms with Crippen LogP contribution in [0.15, 0.2) is 123 Å². The highest BCUT2D eigenvalue weighted by molar-refractivity contribution is 9.10. The summed E-state index contributed by atoms with van der Waals surface area (Å²) in [6, 6.07) is 30.9. The third-order valence-electron chi connectivity index (χ3n) is 6.81. The molecule has 1 atom stereocenters. The van der Waals surface area contributed by atoms with Crippen molar-refractivity contribution in [2.75, 3.05) is 17.4 Å². The predicted molar refractivity (Wildman–Crippen MR) is 177 cm³/mol. The van der Waals surface area contributed by atoms with Gasteiger partial charge in [0.25, 0.3) is 10.0 Å². The second-order valence-corrected chi connectivity index (χ2v) is 13.6. The van der Waals surface area contributed by atoms with E-state index in [9.17, 15) is 18.0 Å². The molecule has 0 fully saturated rings. The van der Waals surface area contributed by atoms with E-state index in [0.717, 1.165) is 30.8 Å². The fourth-order valence-electron chi connectivity index (χ4n) is 4.56. The van der Waals surface area contributed by atoms with Crippen molar-refractivity contribution in [3.8, 4) is 0 Å². The molecule has 0 radical (unpaired) electrons. The van der Waals surface area contributed by atoms with Crippen molar-refractivity contribution in [2.24, 2.45) is 0 Å². The zero-order valence-corrected chi connectivity index (χ0v) is 27.7. The molecular weight excluding hydrogens is 694 g/mol. The van der Waals surface area contributed by atoms with Crippen molar-refractivity contribution in [2.45, 2.75) is 37.2 Å². The lowest BCUT2D eigenvalue weighted by Gasteiger charge is -2.34. The van der Waals surface area contributed by atoms with Crippen LogP contribution in [0.2, 0.25) is 0 Å². The Kier molecular flexibility index (Phi) is 11.6. The number of hydrogen-bond acceptors (Lipinski definition) is 4. The van der Waals surface area contributed by atoms with Crippen molar-refractivity contribution in [1.82, 2.24) is 10.2 Å². The van der Waals surface area contributed by atoms with E-state index < -0.39 is 28.5 Å². The number of halogens is 2. The molecule has 4 rings (SSSR count). The molecule has 0 aliphatic carbocycles. The number of nitrogens with one attached hydrogen (secondary N) is 1. The maximum Gasteiger partial charge on any atom is 0.264 e. The number of amides is 2. The van der Waals surface area contributed by atoms with Crippen LogP contribution >= 0.6 is 31.9 Å². The maximum absolute atomic E-state index is 14.4. The normalized spacial score (nSPS) is 11.9. The Morgan fingerprint density at radius 1 is 0.767 bits per heavy atom. The lowest BCUT2D eigenvalue weighted by atomic mass is 10.0. The minimum atomic E-state index is -4.13. The molecule has 0 unspecified atom stereocenters. The number of carbonyl (C=O) groups is 2. The van der Waals surface area contributed by atoms with E-state index >= 15 is 0 Å². The first-order valence-corrected chi connectivity index (χ1v) is 16.9. The van der Waals surface area contributed by atoms with Crippen molar-refractivity contribution >= 4 is 59.4 Å². The van der Waals surface area contributed by atoms with Crippen molar-refractivity contribution in [1.29, 1.82) is 0 Å². The maximum atomic E-state index is 14.4. The van der Waals surface area contributed by atoms with Crippen LogP contribution in [0.4, 0.5) is 5.69 Å². The monoisotopic (exact) mass is 725 g/mol. The van der Waals surface area contributed by atoms with Crippen LogP contribution < -0.4 is 9.62 Å². The van der Waals surface area contributed by atoms with Crippen LogP contribution in [0.3, 0.4) is 0 Å². The van der Waals surface area contributed by atoms with Gasteiger partial charge in [-0.15, -0.1) is 0 Å². The number of rotatable bonds is 13. The van der Waals surface area contributed by atoms with Gasteiger partial charge in [0, 0.05) is 28.5 Å². The summed E-state index contributed by atoms with van der Waals surface area (Å²) in [5, 5.41) is 2.95. The van der Waals surface area contributed by atoms with Gasteiger partial charge >= 0.3 is 0 Å². The molecule has 4 aromatic rings. The molecule has 2 amide bonds. The molecular formula is C33H33Br2N3O4S. The number of anilines is 1. The first kappa shape index (κ1) is 32.4. The average molecular weight is 728 g/mol. The molecule has 0 aliphatic heterocycles. The largest absolute Gasteiger partial charge is 0.354 e. The average Bonchev–Trinajstić information content (AvgIpc) is 3.02. The Hall–Kier alpha value is -3.47. The zero-order valence-electron chi connectivity index (χ0n) is 23.7. The summed E-state index contributed by atoms with van der Waals surface area (Å²) in [5.74, 6) is -0.796. The van der Waals surface area contributed by atoms with E-state index in [1.807, 2.05) is 61.5 Å². The van der Waals surface area contributed by atoms with E-state index in [1.54, 1.807) is 42.5 Å². The summed E-state index contributed by atoms with van der Waals surface area (Å²) in [6.07, 6.45) is 0.999. The third-order valence-corrected chi connectivity index (χ3v) is 9.66. The Labute approximate surface area is 270 Å². The second kappa shape index (κ2) is 15.3.